The van der Waals surface area contributed by atoms with Crippen molar-refractivity contribution in [2.24, 2.45) is 0 Å². The van der Waals surface area contributed by atoms with Crippen molar-refractivity contribution < 1.29 is 14.3 Å². The van der Waals surface area contributed by atoms with E-state index in [9.17, 15) is 4.79 Å². The summed E-state index contributed by atoms with van der Waals surface area (Å²) < 4.78 is 11.1. The molecule has 1 amide bonds. The maximum absolute atomic E-state index is 11.6. The number of hydrogen-bond donors (Lipinski definition) is 1. The van der Waals surface area contributed by atoms with Crippen LogP contribution in [0.25, 0.3) is 0 Å². The fraction of sp³-hybridized carbons (Fsp3) is 0.550. The van der Waals surface area contributed by atoms with Crippen LogP contribution in [-0.2, 0) is 24.0 Å². The zero-order chi connectivity index (χ0) is 17.6. The van der Waals surface area contributed by atoms with Gasteiger partial charge in [0.15, 0.2) is 0 Å². The highest BCUT2D eigenvalue weighted by atomic mass is 16.6. The molecule has 2 rings (SSSR count). The lowest BCUT2D eigenvalue weighted by Gasteiger charge is -2.22. The van der Waals surface area contributed by atoms with Gasteiger partial charge in [0.2, 0.25) is 0 Å². The van der Waals surface area contributed by atoms with Crippen molar-refractivity contribution in [2.75, 3.05) is 13.2 Å². The highest BCUT2D eigenvalue weighted by molar-refractivity contribution is 5.67. The smallest absolute Gasteiger partial charge is 0.407 e. The Labute approximate surface area is 145 Å². The summed E-state index contributed by atoms with van der Waals surface area (Å²) >= 11 is 0. The SMILES string of the molecule is C=CCc1c(OCCNC(=O)OC(C)(C)C)ccc2c1CCCC2. The molecule has 132 valence electrons. The summed E-state index contributed by atoms with van der Waals surface area (Å²) in [6.07, 6.45) is 7.10. The van der Waals surface area contributed by atoms with Gasteiger partial charge in [-0.05, 0) is 70.1 Å². The van der Waals surface area contributed by atoms with E-state index in [1.54, 1.807) is 0 Å². The van der Waals surface area contributed by atoms with Gasteiger partial charge < -0.3 is 14.8 Å². The van der Waals surface area contributed by atoms with E-state index in [1.807, 2.05) is 26.8 Å². The van der Waals surface area contributed by atoms with Crippen molar-refractivity contribution in [2.45, 2.75) is 58.5 Å². The van der Waals surface area contributed by atoms with E-state index >= 15 is 0 Å². The van der Waals surface area contributed by atoms with Crippen LogP contribution in [0.15, 0.2) is 24.8 Å². The van der Waals surface area contributed by atoms with Gasteiger partial charge in [0.1, 0.15) is 18.0 Å². The summed E-state index contributed by atoms with van der Waals surface area (Å²) in [6, 6.07) is 4.23. The van der Waals surface area contributed by atoms with Crippen molar-refractivity contribution in [1.29, 1.82) is 0 Å². The average Bonchev–Trinajstić information content (AvgIpc) is 2.51. The topological polar surface area (TPSA) is 47.6 Å². The molecule has 0 radical (unpaired) electrons. The van der Waals surface area contributed by atoms with Gasteiger partial charge in [-0.25, -0.2) is 4.79 Å². The van der Waals surface area contributed by atoms with Crippen LogP contribution in [0.1, 0.15) is 50.3 Å². The number of carbonyl (C=O) groups is 1. The number of amides is 1. The average molecular weight is 331 g/mol. The van der Waals surface area contributed by atoms with Crippen LogP contribution in [-0.4, -0.2) is 24.8 Å². The molecule has 0 atom stereocenters. The number of ether oxygens (including phenoxy) is 2. The molecule has 24 heavy (non-hydrogen) atoms. The van der Waals surface area contributed by atoms with E-state index in [1.165, 1.54) is 29.5 Å². The summed E-state index contributed by atoms with van der Waals surface area (Å²) in [5.41, 5.74) is 3.64. The van der Waals surface area contributed by atoms with Gasteiger partial charge in [0, 0.05) is 5.56 Å². The predicted octanol–water partition coefficient (Wildman–Crippen LogP) is 4.20. The summed E-state index contributed by atoms with van der Waals surface area (Å²) in [6.45, 7) is 10.2. The van der Waals surface area contributed by atoms with Gasteiger partial charge in [-0.2, -0.15) is 0 Å². The Morgan fingerprint density at radius 2 is 2.04 bits per heavy atom. The lowest BCUT2D eigenvalue weighted by atomic mass is 9.87. The fourth-order valence-corrected chi connectivity index (χ4v) is 3.01. The molecule has 0 aromatic heterocycles. The zero-order valence-electron chi connectivity index (χ0n) is 15.1. The third-order valence-electron chi connectivity index (χ3n) is 3.98. The van der Waals surface area contributed by atoms with Gasteiger partial charge >= 0.3 is 6.09 Å². The van der Waals surface area contributed by atoms with Crippen molar-refractivity contribution in [3.05, 3.63) is 41.5 Å². The Morgan fingerprint density at radius 3 is 2.75 bits per heavy atom. The second kappa shape index (κ2) is 8.22. The van der Waals surface area contributed by atoms with E-state index in [4.69, 9.17) is 9.47 Å². The van der Waals surface area contributed by atoms with E-state index in [0.29, 0.717) is 13.2 Å². The van der Waals surface area contributed by atoms with Gasteiger partial charge in [0.25, 0.3) is 0 Å². The molecule has 0 heterocycles. The van der Waals surface area contributed by atoms with E-state index < -0.39 is 11.7 Å². The number of alkyl carbamates (subject to hydrolysis) is 1. The monoisotopic (exact) mass is 331 g/mol. The summed E-state index contributed by atoms with van der Waals surface area (Å²) in [5.74, 6) is 0.904. The lowest BCUT2D eigenvalue weighted by molar-refractivity contribution is 0.0520. The van der Waals surface area contributed by atoms with Crippen molar-refractivity contribution >= 4 is 6.09 Å². The molecule has 0 unspecified atom stereocenters. The van der Waals surface area contributed by atoms with Gasteiger partial charge in [-0.3, -0.25) is 0 Å². The summed E-state index contributed by atoms with van der Waals surface area (Å²) in [4.78, 5) is 11.6. The second-order valence-electron chi connectivity index (χ2n) is 7.16. The van der Waals surface area contributed by atoms with Crippen LogP contribution in [0, 0.1) is 0 Å². The Hall–Kier alpha value is -1.97. The van der Waals surface area contributed by atoms with Crippen molar-refractivity contribution in [3.63, 3.8) is 0 Å². The molecule has 4 heteroatoms. The molecule has 1 aromatic carbocycles. The first kappa shape index (κ1) is 18.4. The lowest BCUT2D eigenvalue weighted by Crippen LogP contribution is -2.34. The predicted molar refractivity (Wildman–Crippen MR) is 96.7 cm³/mol. The third kappa shape index (κ3) is 5.29. The molecule has 0 bridgehead atoms. The molecule has 1 aliphatic rings. The van der Waals surface area contributed by atoms with Gasteiger partial charge in [-0.15, -0.1) is 6.58 Å². The number of nitrogens with one attached hydrogen (secondary N) is 1. The number of fused-ring (bicyclic) bond motifs is 1. The molecule has 0 saturated heterocycles. The van der Waals surface area contributed by atoms with Gasteiger partial charge in [0.05, 0.1) is 6.54 Å². The van der Waals surface area contributed by atoms with Crippen LogP contribution < -0.4 is 10.1 Å². The van der Waals surface area contributed by atoms with Crippen LogP contribution in [0.3, 0.4) is 0 Å². The quantitative estimate of drug-likeness (QED) is 0.628. The number of aryl methyl sites for hydroxylation is 1. The number of allylic oxidation sites excluding steroid dienone is 1. The largest absolute Gasteiger partial charge is 0.491 e. The fourth-order valence-electron chi connectivity index (χ4n) is 3.01. The third-order valence-corrected chi connectivity index (χ3v) is 3.98. The van der Waals surface area contributed by atoms with Crippen molar-refractivity contribution in [3.8, 4) is 5.75 Å². The standard InChI is InChI=1S/C20H29NO3/c1-5-8-17-16-10-7-6-9-15(16)11-12-18(17)23-14-13-21-19(22)24-20(2,3)4/h5,11-12H,1,6-10,13-14H2,2-4H3,(H,21,22). The second-order valence-corrected chi connectivity index (χ2v) is 7.16. The normalized spacial score (nSPS) is 13.8. The van der Waals surface area contributed by atoms with E-state index in [-0.39, 0.29) is 0 Å². The number of carbonyl (C=O) groups excluding carboxylic acids is 1. The van der Waals surface area contributed by atoms with Crippen LogP contribution in [0.4, 0.5) is 4.79 Å². The molecule has 4 nitrogen and oxygen atoms in total. The van der Waals surface area contributed by atoms with Crippen LogP contribution in [0.2, 0.25) is 0 Å². The highest BCUT2D eigenvalue weighted by Crippen LogP contribution is 2.31. The molecular weight excluding hydrogens is 302 g/mol. The van der Waals surface area contributed by atoms with Crippen LogP contribution in [0.5, 0.6) is 5.75 Å². The van der Waals surface area contributed by atoms with Crippen LogP contribution >= 0.6 is 0 Å². The molecular formula is C20H29NO3. The minimum absolute atomic E-state index is 0.414. The Balaban J connectivity index is 1.92. The molecule has 0 aliphatic heterocycles. The molecule has 1 aromatic rings. The maximum Gasteiger partial charge on any atom is 0.407 e. The molecule has 0 spiro atoms. The molecule has 1 N–H and O–H groups in total. The first-order valence-electron chi connectivity index (χ1n) is 8.75. The van der Waals surface area contributed by atoms with E-state index in [0.717, 1.165) is 25.0 Å². The van der Waals surface area contributed by atoms with Gasteiger partial charge in [-0.1, -0.05) is 12.1 Å². The number of benzene rings is 1. The molecule has 0 saturated carbocycles. The highest BCUT2D eigenvalue weighted by Gasteiger charge is 2.17. The van der Waals surface area contributed by atoms with Crippen molar-refractivity contribution in [1.82, 2.24) is 5.32 Å². The maximum atomic E-state index is 11.6. The Kier molecular flexibility index (Phi) is 6.29. The first-order chi connectivity index (χ1) is 11.4. The minimum atomic E-state index is -0.486. The summed E-state index contributed by atoms with van der Waals surface area (Å²) in [5, 5.41) is 2.72. The Morgan fingerprint density at radius 1 is 1.29 bits per heavy atom. The minimum Gasteiger partial charge on any atom is -0.491 e. The number of rotatable bonds is 6. The molecule has 1 aliphatic carbocycles. The number of hydrogen-bond acceptors (Lipinski definition) is 3. The summed E-state index contributed by atoms with van der Waals surface area (Å²) in [7, 11) is 0. The molecule has 0 fully saturated rings. The Bertz CT molecular complexity index is 587. The first-order valence-corrected chi connectivity index (χ1v) is 8.75. The van der Waals surface area contributed by atoms with E-state index in [2.05, 4.69) is 24.0 Å². The zero-order valence-corrected chi connectivity index (χ0v) is 15.1.